The SMILES string of the molecule is C[C@@H](NCC(C)(O)c1ccccc1)c1cccc(F)c1. The van der Waals surface area contributed by atoms with Gasteiger partial charge in [-0.1, -0.05) is 42.5 Å². The van der Waals surface area contributed by atoms with Crippen molar-refractivity contribution in [3.63, 3.8) is 0 Å². The Hall–Kier alpha value is -1.71. The Bertz CT molecular complexity index is 554. The zero-order valence-electron chi connectivity index (χ0n) is 11.8. The molecule has 0 spiro atoms. The second-order valence-corrected chi connectivity index (χ2v) is 5.30. The van der Waals surface area contributed by atoms with Crippen molar-refractivity contribution in [3.05, 3.63) is 71.5 Å². The van der Waals surface area contributed by atoms with Gasteiger partial charge in [0.05, 0.1) is 5.60 Å². The van der Waals surface area contributed by atoms with Crippen LogP contribution < -0.4 is 5.32 Å². The van der Waals surface area contributed by atoms with Crippen molar-refractivity contribution in [1.29, 1.82) is 0 Å². The topological polar surface area (TPSA) is 32.3 Å². The van der Waals surface area contributed by atoms with Crippen LogP contribution in [0, 0.1) is 5.82 Å². The lowest BCUT2D eigenvalue weighted by molar-refractivity contribution is 0.0543. The molecule has 2 nitrogen and oxygen atoms in total. The van der Waals surface area contributed by atoms with Gasteiger partial charge in [-0.3, -0.25) is 0 Å². The van der Waals surface area contributed by atoms with Crippen LogP contribution >= 0.6 is 0 Å². The van der Waals surface area contributed by atoms with E-state index in [1.54, 1.807) is 13.0 Å². The minimum absolute atomic E-state index is 0.0270. The summed E-state index contributed by atoms with van der Waals surface area (Å²) in [6.07, 6.45) is 0. The molecule has 0 aromatic heterocycles. The number of hydrogen-bond acceptors (Lipinski definition) is 2. The average Bonchev–Trinajstić information content (AvgIpc) is 2.46. The van der Waals surface area contributed by atoms with Crippen LogP contribution in [0.3, 0.4) is 0 Å². The predicted molar refractivity (Wildman–Crippen MR) is 78.8 cm³/mol. The molecular formula is C17H20FNO. The second-order valence-electron chi connectivity index (χ2n) is 5.30. The largest absolute Gasteiger partial charge is 0.384 e. The normalized spacial score (nSPS) is 15.6. The standard InChI is InChI=1S/C17H20FNO/c1-13(14-7-6-10-16(18)11-14)19-12-17(2,20)15-8-4-3-5-9-15/h3-11,13,19-20H,12H2,1-2H3/t13-,17?/m1/s1. The number of halogens is 1. The van der Waals surface area contributed by atoms with E-state index in [2.05, 4.69) is 5.32 Å². The summed E-state index contributed by atoms with van der Waals surface area (Å²) in [6, 6.07) is 16.0. The second kappa shape index (κ2) is 6.16. The van der Waals surface area contributed by atoms with Crippen LogP contribution in [0.25, 0.3) is 0 Å². The van der Waals surface area contributed by atoms with E-state index in [1.807, 2.05) is 43.3 Å². The van der Waals surface area contributed by atoms with Gasteiger partial charge in [-0.05, 0) is 37.1 Å². The Morgan fingerprint density at radius 1 is 1.15 bits per heavy atom. The third-order valence-electron chi connectivity index (χ3n) is 3.50. The van der Waals surface area contributed by atoms with E-state index in [4.69, 9.17) is 0 Å². The van der Waals surface area contributed by atoms with Crippen LogP contribution in [0.4, 0.5) is 4.39 Å². The van der Waals surface area contributed by atoms with E-state index in [0.29, 0.717) is 6.54 Å². The fraction of sp³-hybridized carbons (Fsp3) is 0.294. The summed E-state index contributed by atoms with van der Waals surface area (Å²) in [4.78, 5) is 0. The molecular weight excluding hydrogens is 253 g/mol. The lowest BCUT2D eigenvalue weighted by atomic mass is 9.95. The molecule has 0 saturated heterocycles. The molecule has 2 rings (SSSR count). The van der Waals surface area contributed by atoms with Gasteiger partial charge in [0.25, 0.3) is 0 Å². The summed E-state index contributed by atoms with van der Waals surface area (Å²) in [5, 5.41) is 13.7. The number of hydrogen-bond donors (Lipinski definition) is 2. The third-order valence-corrected chi connectivity index (χ3v) is 3.50. The highest BCUT2D eigenvalue weighted by molar-refractivity contribution is 5.23. The summed E-state index contributed by atoms with van der Waals surface area (Å²) < 4.78 is 13.2. The van der Waals surface area contributed by atoms with Gasteiger partial charge in [0.2, 0.25) is 0 Å². The summed E-state index contributed by atoms with van der Waals surface area (Å²) in [6.45, 7) is 4.12. The smallest absolute Gasteiger partial charge is 0.123 e. The van der Waals surface area contributed by atoms with Crippen molar-refractivity contribution in [1.82, 2.24) is 5.32 Å². The first-order valence-electron chi connectivity index (χ1n) is 6.76. The van der Waals surface area contributed by atoms with Gasteiger partial charge in [0, 0.05) is 12.6 Å². The molecule has 2 atom stereocenters. The van der Waals surface area contributed by atoms with E-state index in [9.17, 15) is 9.50 Å². The van der Waals surface area contributed by atoms with Crippen molar-refractivity contribution < 1.29 is 9.50 Å². The van der Waals surface area contributed by atoms with Crippen LogP contribution in [0.5, 0.6) is 0 Å². The Morgan fingerprint density at radius 3 is 2.50 bits per heavy atom. The van der Waals surface area contributed by atoms with Gasteiger partial charge in [-0.25, -0.2) is 4.39 Å². The first-order chi connectivity index (χ1) is 9.49. The highest BCUT2D eigenvalue weighted by atomic mass is 19.1. The van der Waals surface area contributed by atoms with Gasteiger partial charge in [-0.15, -0.1) is 0 Å². The maximum Gasteiger partial charge on any atom is 0.123 e. The Kier molecular flexibility index (Phi) is 4.53. The van der Waals surface area contributed by atoms with Gasteiger partial charge in [0.15, 0.2) is 0 Å². The van der Waals surface area contributed by atoms with Crippen molar-refractivity contribution in [2.45, 2.75) is 25.5 Å². The van der Waals surface area contributed by atoms with Crippen molar-refractivity contribution in [3.8, 4) is 0 Å². The van der Waals surface area contributed by atoms with E-state index in [-0.39, 0.29) is 11.9 Å². The van der Waals surface area contributed by atoms with E-state index in [0.717, 1.165) is 11.1 Å². The van der Waals surface area contributed by atoms with Crippen molar-refractivity contribution in [2.24, 2.45) is 0 Å². The summed E-state index contributed by atoms with van der Waals surface area (Å²) in [7, 11) is 0. The molecule has 2 aromatic rings. The third kappa shape index (κ3) is 3.65. The molecule has 0 heterocycles. The zero-order valence-corrected chi connectivity index (χ0v) is 11.8. The number of aliphatic hydroxyl groups is 1. The monoisotopic (exact) mass is 273 g/mol. The highest BCUT2D eigenvalue weighted by Crippen LogP contribution is 2.21. The van der Waals surface area contributed by atoms with Crippen LogP contribution in [-0.4, -0.2) is 11.7 Å². The lowest BCUT2D eigenvalue weighted by Gasteiger charge is -2.26. The fourth-order valence-electron chi connectivity index (χ4n) is 2.14. The van der Waals surface area contributed by atoms with Gasteiger partial charge < -0.3 is 10.4 Å². The van der Waals surface area contributed by atoms with Crippen molar-refractivity contribution in [2.75, 3.05) is 6.54 Å². The minimum Gasteiger partial charge on any atom is -0.384 e. The first-order valence-corrected chi connectivity index (χ1v) is 6.76. The minimum atomic E-state index is -0.956. The molecule has 0 radical (unpaired) electrons. The Balaban J connectivity index is 2.01. The average molecular weight is 273 g/mol. The van der Waals surface area contributed by atoms with Crippen molar-refractivity contribution >= 4 is 0 Å². The molecule has 0 bridgehead atoms. The van der Waals surface area contributed by atoms with Crippen LogP contribution in [0.2, 0.25) is 0 Å². The number of rotatable bonds is 5. The van der Waals surface area contributed by atoms with Gasteiger partial charge >= 0.3 is 0 Å². The van der Waals surface area contributed by atoms with Crippen LogP contribution in [-0.2, 0) is 5.60 Å². The fourth-order valence-corrected chi connectivity index (χ4v) is 2.14. The molecule has 0 aliphatic carbocycles. The summed E-state index contributed by atoms with van der Waals surface area (Å²) in [5.41, 5.74) is 0.774. The Labute approximate surface area is 119 Å². The maximum absolute atomic E-state index is 13.2. The molecule has 0 fully saturated rings. The molecule has 20 heavy (non-hydrogen) atoms. The molecule has 3 heteroatoms. The van der Waals surface area contributed by atoms with E-state index >= 15 is 0 Å². The van der Waals surface area contributed by atoms with E-state index < -0.39 is 5.60 Å². The molecule has 106 valence electrons. The number of nitrogens with one attached hydrogen (secondary N) is 1. The zero-order chi connectivity index (χ0) is 14.6. The number of benzene rings is 2. The molecule has 0 amide bonds. The quantitative estimate of drug-likeness (QED) is 0.875. The summed E-state index contributed by atoms with van der Waals surface area (Å²) in [5.74, 6) is -0.244. The highest BCUT2D eigenvalue weighted by Gasteiger charge is 2.23. The van der Waals surface area contributed by atoms with Crippen LogP contribution in [0.1, 0.15) is 31.0 Å². The van der Waals surface area contributed by atoms with Gasteiger partial charge in [0.1, 0.15) is 5.82 Å². The molecule has 0 saturated carbocycles. The van der Waals surface area contributed by atoms with Gasteiger partial charge in [-0.2, -0.15) is 0 Å². The molecule has 0 aliphatic heterocycles. The summed E-state index contributed by atoms with van der Waals surface area (Å²) >= 11 is 0. The Morgan fingerprint density at radius 2 is 1.85 bits per heavy atom. The molecule has 2 N–H and O–H groups in total. The van der Waals surface area contributed by atoms with Crippen LogP contribution in [0.15, 0.2) is 54.6 Å². The van der Waals surface area contributed by atoms with E-state index in [1.165, 1.54) is 12.1 Å². The maximum atomic E-state index is 13.2. The predicted octanol–water partition coefficient (Wildman–Crippen LogP) is 3.38. The molecule has 1 unspecified atom stereocenters. The lowest BCUT2D eigenvalue weighted by Crippen LogP contribution is -2.36. The first kappa shape index (κ1) is 14.7. The molecule has 2 aromatic carbocycles. The molecule has 0 aliphatic rings.